The highest BCUT2D eigenvalue weighted by atomic mass is 32.2. The summed E-state index contributed by atoms with van der Waals surface area (Å²) in [6.07, 6.45) is 1.94. The first-order valence-electron chi connectivity index (χ1n) is 7.83. The van der Waals surface area contributed by atoms with Gasteiger partial charge >= 0.3 is 5.97 Å². The first-order chi connectivity index (χ1) is 10.8. The molecule has 1 amide bonds. The van der Waals surface area contributed by atoms with Crippen LogP contribution in [-0.4, -0.2) is 45.4 Å². The molecule has 1 unspecified atom stereocenters. The maximum Gasteiger partial charge on any atom is 0.311 e. The summed E-state index contributed by atoms with van der Waals surface area (Å²) in [5.74, 6) is 0.136. The molecule has 0 N–H and O–H groups in total. The number of carbonyl (C=O) groups is 2. The Morgan fingerprint density at radius 3 is 2.87 bits per heavy atom. The lowest BCUT2D eigenvalue weighted by atomic mass is 10.1. The first kappa shape index (κ1) is 17.8. The minimum atomic E-state index is -0.356. The van der Waals surface area contributed by atoms with E-state index in [0.29, 0.717) is 19.7 Å². The Balaban J connectivity index is 1.76. The van der Waals surface area contributed by atoms with E-state index in [9.17, 15) is 9.59 Å². The van der Waals surface area contributed by atoms with Crippen LogP contribution in [0.4, 0.5) is 0 Å². The van der Waals surface area contributed by atoms with Crippen LogP contribution in [-0.2, 0) is 20.9 Å². The van der Waals surface area contributed by atoms with Gasteiger partial charge in [-0.15, -0.1) is 0 Å². The maximum atomic E-state index is 12.1. The number of esters is 1. The molecule has 2 rings (SSSR count). The smallest absolute Gasteiger partial charge is 0.311 e. The van der Waals surface area contributed by atoms with E-state index in [-0.39, 0.29) is 29.0 Å². The summed E-state index contributed by atoms with van der Waals surface area (Å²) in [5, 5.41) is 0. The van der Waals surface area contributed by atoms with Crippen LogP contribution in [0.25, 0.3) is 0 Å². The third kappa shape index (κ3) is 5.86. The van der Waals surface area contributed by atoms with Crippen molar-refractivity contribution in [1.29, 1.82) is 0 Å². The molecular formula is C17H24N2O3S. The average molecular weight is 336 g/mol. The van der Waals surface area contributed by atoms with Gasteiger partial charge in [0.25, 0.3) is 0 Å². The third-order valence-corrected chi connectivity index (χ3v) is 4.73. The molecule has 1 fully saturated rings. The molecule has 1 aromatic heterocycles. The molecule has 0 bridgehead atoms. The predicted molar refractivity (Wildman–Crippen MR) is 90.9 cm³/mol. The zero-order chi connectivity index (χ0) is 16.9. The van der Waals surface area contributed by atoms with E-state index in [4.69, 9.17) is 4.74 Å². The predicted octanol–water partition coefficient (Wildman–Crippen LogP) is 2.51. The second kappa shape index (κ2) is 7.81. The molecule has 5 nitrogen and oxygen atoms in total. The van der Waals surface area contributed by atoms with Crippen molar-refractivity contribution in [1.82, 2.24) is 9.88 Å². The highest BCUT2D eigenvalue weighted by Crippen LogP contribution is 2.24. The zero-order valence-corrected chi connectivity index (χ0v) is 14.8. The number of hydrogen-bond donors (Lipinski definition) is 0. The van der Waals surface area contributed by atoms with E-state index in [1.807, 2.05) is 18.2 Å². The van der Waals surface area contributed by atoms with Gasteiger partial charge in [0.2, 0.25) is 5.91 Å². The molecule has 1 aromatic rings. The van der Waals surface area contributed by atoms with Crippen molar-refractivity contribution in [3.63, 3.8) is 0 Å². The van der Waals surface area contributed by atoms with Crippen LogP contribution < -0.4 is 0 Å². The molecule has 1 aliphatic rings. The Morgan fingerprint density at radius 1 is 1.43 bits per heavy atom. The number of carbonyl (C=O) groups excluding carboxylic acids is 2. The molecule has 0 aliphatic carbocycles. The van der Waals surface area contributed by atoms with Gasteiger partial charge < -0.3 is 9.64 Å². The Kier molecular flexibility index (Phi) is 6.04. The summed E-state index contributed by atoms with van der Waals surface area (Å²) < 4.78 is 5.48. The lowest BCUT2D eigenvalue weighted by molar-refractivity contribution is -0.147. The summed E-state index contributed by atoms with van der Waals surface area (Å²) in [5.41, 5.74) is 0.830. The van der Waals surface area contributed by atoms with Gasteiger partial charge in [0.15, 0.2) is 0 Å². The molecule has 2 heterocycles. The van der Waals surface area contributed by atoms with E-state index >= 15 is 0 Å². The quantitative estimate of drug-likeness (QED) is 0.590. The van der Waals surface area contributed by atoms with Crippen LogP contribution >= 0.6 is 11.8 Å². The third-order valence-electron chi connectivity index (χ3n) is 3.49. The van der Waals surface area contributed by atoms with Crippen LogP contribution in [0.3, 0.4) is 0 Å². The summed E-state index contributed by atoms with van der Waals surface area (Å²) in [4.78, 5) is 30.0. The second-order valence-electron chi connectivity index (χ2n) is 6.62. The van der Waals surface area contributed by atoms with Gasteiger partial charge in [-0.05, 0) is 12.1 Å². The van der Waals surface area contributed by atoms with Gasteiger partial charge in [0, 0.05) is 29.7 Å². The number of rotatable bonds is 6. The number of aromatic nitrogens is 1. The minimum Gasteiger partial charge on any atom is -0.465 e. The topological polar surface area (TPSA) is 59.5 Å². The van der Waals surface area contributed by atoms with Crippen LogP contribution in [0.5, 0.6) is 0 Å². The first-order valence-corrected chi connectivity index (χ1v) is 8.82. The summed E-state index contributed by atoms with van der Waals surface area (Å²) >= 11 is 1.76. The molecule has 1 aliphatic heterocycles. The molecule has 1 atom stereocenters. The van der Waals surface area contributed by atoms with Crippen LogP contribution in [0.2, 0.25) is 0 Å². The van der Waals surface area contributed by atoms with Crippen LogP contribution in [0.1, 0.15) is 32.9 Å². The highest BCUT2D eigenvalue weighted by Gasteiger charge is 2.35. The number of likely N-dealkylation sites (tertiary alicyclic amines) is 1. The highest BCUT2D eigenvalue weighted by molar-refractivity contribution is 8.00. The van der Waals surface area contributed by atoms with Gasteiger partial charge in [-0.1, -0.05) is 26.8 Å². The lowest BCUT2D eigenvalue weighted by Gasteiger charge is -2.18. The summed E-state index contributed by atoms with van der Waals surface area (Å²) in [7, 11) is 0. The lowest BCUT2D eigenvalue weighted by Crippen LogP contribution is -2.27. The Hall–Kier alpha value is -1.56. The van der Waals surface area contributed by atoms with E-state index in [2.05, 4.69) is 25.8 Å². The van der Waals surface area contributed by atoms with Crippen molar-refractivity contribution in [2.24, 2.45) is 5.92 Å². The fraction of sp³-hybridized carbons (Fsp3) is 0.588. The fourth-order valence-corrected chi connectivity index (χ4v) is 3.16. The van der Waals surface area contributed by atoms with Crippen molar-refractivity contribution >= 4 is 23.6 Å². The SMILES string of the molecule is CC(C)(C)SCCOC(=O)C1CC(=O)N(Cc2ccccn2)C1. The number of hydrogen-bond acceptors (Lipinski definition) is 5. The van der Waals surface area contributed by atoms with E-state index in [1.54, 1.807) is 22.9 Å². The Morgan fingerprint density at radius 2 is 2.22 bits per heavy atom. The monoisotopic (exact) mass is 336 g/mol. The number of amides is 1. The van der Waals surface area contributed by atoms with Gasteiger partial charge in [-0.2, -0.15) is 11.8 Å². The van der Waals surface area contributed by atoms with Crippen molar-refractivity contribution in [3.8, 4) is 0 Å². The van der Waals surface area contributed by atoms with E-state index < -0.39 is 0 Å². The molecule has 126 valence electrons. The van der Waals surface area contributed by atoms with Crippen molar-refractivity contribution < 1.29 is 14.3 Å². The number of thioether (sulfide) groups is 1. The molecule has 23 heavy (non-hydrogen) atoms. The van der Waals surface area contributed by atoms with Crippen LogP contribution in [0, 0.1) is 5.92 Å². The van der Waals surface area contributed by atoms with Crippen molar-refractivity contribution in [2.75, 3.05) is 18.9 Å². The average Bonchev–Trinajstić information content (AvgIpc) is 2.85. The molecule has 0 saturated carbocycles. The number of pyridine rings is 1. The molecule has 0 spiro atoms. The largest absolute Gasteiger partial charge is 0.465 e. The summed E-state index contributed by atoms with van der Waals surface area (Å²) in [6.45, 7) is 7.65. The van der Waals surface area contributed by atoms with Gasteiger partial charge in [-0.3, -0.25) is 14.6 Å². The summed E-state index contributed by atoms with van der Waals surface area (Å²) in [6, 6.07) is 5.61. The maximum absolute atomic E-state index is 12.1. The van der Waals surface area contributed by atoms with Gasteiger partial charge in [0.1, 0.15) is 6.61 Å². The molecule has 0 aromatic carbocycles. The number of nitrogens with zero attached hydrogens (tertiary/aromatic N) is 2. The zero-order valence-electron chi connectivity index (χ0n) is 13.9. The van der Waals surface area contributed by atoms with E-state index in [1.165, 1.54) is 0 Å². The molecule has 6 heteroatoms. The Labute approximate surface area is 141 Å². The molecule has 0 radical (unpaired) electrons. The normalized spacial score (nSPS) is 18.3. The Bertz CT molecular complexity index is 543. The van der Waals surface area contributed by atoms with Gasteiger partial charge in [0.05, 0.1) is 18.2 Å². The second-order valence-corrected chi connectivity index (χ2v) is 8.55. The standard InChI is InChI=1S/C17H24N2O3S/c1-17(2,3)23-9-8-22-16(21)13-10-15(20)19(11-13)12-14-6-4-5-7-18-14/h4-7,13H,8-12H2,1-3H3. The minimum absolute atomic E-state index is 0.0123. The van der Waals surface area contributed by atoms with E-state index in [0.717, 1.165) is 11.4 Å². The molecular weight excluding hydrogens is 312 g/mol. The van der Waals surface area contributed by atoms with Gasteiger partial charge in [-0.25, -0.2) is 0 Å². The van der Waals surface area contributed by atoms with Crippen LogP contribution in [0.15, 0.2) is 24.4 Å². The fourth-order valence-electron chi connectivity index (χ4n) is 2.38. The molecule has 1 saturated heterocycles. The van der Waals surface area contributed by atoms with Crippen molar-refractivity contribution in [2.45, 2.75) is 38.5 Å². The van der Waals surface area contributed by atoms with Crippen molar-refractivity contribution in [3.05, 3.63) is 30.1 Å². The number of ether oxygens (including phenoxy) is 1.